The van der Waals surface area contributed by atoms with E-state index in [2.05, 4.69) is 10.4 Å². The molecular weight excluding hydrogens is 434 g/mol. The lowest BCUT2D eigenvalue weighted by molar-refractivity contribution is -0.140. The molecule has 1 amide bonds. The average molecular weight is 453 g/mol. The number of alkyl halides is 3. The second-order valence-electron chi connectivity index (χ2n) is 7.63. The average Bonchev–Trinajstić information content (AvgIpc) is 3.17. The van der Waals surface area contributed by atoms with Crippen LogP contribution in [-0.2, 0) is 6.18 Å². The molecule has 0 aliphatic heterocycles. The molecule has 8 heteroatoms. The molecule has 0 saturated carbocycles. The van der Waals surface area contributed by atoms with Crippen molar-refractivity contribution < 1.29 is 22.4 Å². The lowest BCUT2D eigenvalue weighted by Crippen LogP contribution is -2.17. The Balaban J connectivity index is 1.76. The zero-order valence-electron chi connectivity index (χ0n) is 17.7. The number of carbonyl (C=O) groups is 1. The number of hydrogen-bond acceptors (Lipinski definition) is 2. The number of amides is 1. The highest BCUT2D eigenvalue weighted by atomic mass is 19.4. The number of halogens is 4. The van der Waals surface area contributed by atoms with Gasteiger partial charge in [-0.15, -0.1) is 0 Å². The van der Waals surface area contributed by atoms with Crippen LogP contribution < -0.4 is 5.32 Å². The van der Waals surface area contributed by atoms with Crippen LogP contribution in [0.5, 0.6) is 0 Å². The molecule has 1 N–H and O–H groups in total. The lowest BCUT2D eigenvalue weighted by Gasteiger charge is -2.12. The van der Waals surface area contributed by atoms with E-state index in [0.29, 0.717) is 23.5 Å². The highest BCUT2D eigenvalue weighted by molar-refractivity contribution is 6.04. The molecule has 4 aromatic rings. The van der Waals surface area contributed by atoms with Crippen LogP contribution in [0.3, 0.4) is 0 Å². The van der Waals surface area contributed by atoms with E-state index in [4.69, 9.17) is 0 Å². The normalized spacial score (nSPS) is 11.5. The summed E-state index contributed by atoms with van der Waals surface area (Å²) >= 11 is 0. The summed E-state index contributed by atoms with van der Waals surface area (Å²) in [4.78, 5) is 12.8. The number of aromatic nitrogens is 2. The minimum Gasteiger partial charge on any atom is -0.306 e. The molecule has 1 heterocycles. The van der Waals surface area contributed by atoms with Crippen molar-refractivity contribution in [3.8, 4) is 16.9 Å². The molecule has 0 aliphatic carbocycles. The summed E-state index contributed by atoms with van der Waals surface area (Å²) in [6.45, 7) is 3.84. The second kappa shape index (κ2) is 8.54. The van der Waals surface area contributed by atoms with Gasteiger partial charge in [-0.1, -0.05) is 48.0 Å². The largest absolute Gasteiger partial charge is 0.419 e. The summed E-state index contributed by atoms with van der Waals surface area (Å²) in [5, 5.41) is 7.24. The Morgan fingerprint density at radius 2 is 1.64 bits per heavy atom. The Morgan fingerprint density at radius 1 is 0.939 bits per heavy atom. The van der Waals surface area contributed by atoms with Crippen LogP contribution in [0.25, 0.3) is 16.9 Å². The summed E-state index contributed by atoms with van der Waals surface area (Å²) in [5.74, 6) is -1.99. The molecule has 4 rings (SSSR count). The number of para-hydroxylation sites is 1. The predicted molar refractivity (Wildman–Crippen MR) is 118 cm³/mol. The molecule has 0 bridgehead atoms. The van der Waals surface area contributed by atoms with Crippen molar-refractivity contribution in [2.75, 3.05) is 5.32 Å². The first kappa shape index (κ1) is 22.3. The van der Waals surface area contributed by atoms with Crippen LogP contribution in [0.1, 0.15) is 27.0 Å². The fourth-order valence-corrected chi connectivity index (χ4v) is 3.39. The minimum atomic E-state index is -4.91. The Bertz CT molecular complexity index is 1320. The predicted octanol–water partition coefficient (Wildman–Crippen LogP) is 6.57. The van der Waals surface area contributed by atoms with Gasteiger partial charge in [0.25, 0.3) is 5.91 Å². The standard InChI is InChI=1S/C25H19F4N3O/c1-15-7-9-17(10-8-15)21-14-23(32(31-21)22-6-4-3-5-16(22)2)30-24(33)18-11-12-20(26)19(13-18)25(27,28)29/h3-14H,1-2H3,(H,30,33). The van der Waals surface area contributed by atoms with Gasteiger partial charge < -0.3 is 5.32 Å². The molecule has 168 valence electrons. The van der Waals surface area contributed by atoms with Gasteiger partial charge in [0.2, 0.25) is 0 Å². The van der Waals surface area contributed by atoms with E-state index in [1.165, 1.54) is 4.68 Å². The topological polar surface area (TPSA) is 46.9 Å². The number of anilines is 1. The van der Waals surface area contributed by atoms with Crippen LogP contribution in [0.2, 0.25) is 0 Å². The summed E-state index contributed by atoms with van der Waals surface area (Å²) in [6.07, 6.45) is -4.91. The van der Waals surface area contributed by atoms with E-state index in [9.17, 15) is 22.4 Å². The van der Waals surface area contributed by atoms with Gasteiger partial charge in [-0.2, -0.15) is 18.3 Å². The van der Waals surface area contributed by atoms with Gasteiger partial charge in [0.1, 0.15) is 11.6 Å². The molecule has 0 aliphatic rings. The molecule has 0 radical (unpaired) electrons. The molecule has 4 nitrogen and oxygen atoms in total. The van der Waals surface area contributed by atoms with E-state index in [-0.39, 0.29) is 11.4 Å². The molecule has 33 heavy (non-hydrogen) atoms. The number of aryl methyl sites for hydroxylation is 2. The number of nitrogens with one attached hydrogen (secondary N) is 1. The smallest absolute Gasteiger partial charge is 0.306 e. The molecule has 1 aromatic heterocycles. The molecule has 0 atom stereocenters. The van der Waals surface area contributed by atoms with Crippen molar-refractivity contribution in [2.24, 2.45) is 0 Å². The number of benzene rings is 3. The number of rotatable bonds is 4. The van der Waals surface area contributed by atoms with Crippen LogP contribution >= 0.6 is 0 Å². The highest BCUT2D eigenvalue weighted by Crippen LogP contribution is 2.32. The Morgan fingerprint density at radius 3 is 2.30 bits per heavy atom. The summed E-state index contributed by atoms with van der Waals surface area (Å²) in [7, 11) is 0. The zero-order valence-corrected chi connectivity index (χ0v) is 17.7. The Labute approximate surface area is 187 Å². The van der Waals surface area contributed by atoms with E-state index >= 15 is 0 Å². The summed E-state index contributed by atoms with van der Waals surface area (Å²) in [5.41, 5.74) is 2.21. The van der Waals surface area contributed by atoms with Crippen molar-refractivity contribution in [3.05, 3.63) is 101 Å². The monoisotopic (exact) mass is 453 g/mol. The Kier molecular flexibility index (Phi) is 5.76. The fraction of sp³-hybridized carbons (Fsp3) is 0.120. The molecular formula is C25H19F4N3O. The number of nitrogens with zero attached hydrogens (tertiary/aromatic N) is 2. The van der Waals surface area contributed by atoms with Gasteiger partial charge in [0.15, 0.2) is 0 Å². The maximum absolute atomic E-state index is 13.6. The van der Waals surface area contributed by atoms with E-state index in [1.54, 1.807) is 6.07 Å². The van der Waals surface area contributed by atoms with Gasteiger partial charge in [0, 0.05) is 17.2 Å². The fourth-order valence-electron chi connectivity index (χ4n) is 3.39. The van der Waals surface area contributed by atoms with Gasteiger partial charge in [-0.05, 0) is 43.7 Å². The third-order valence-electron chi connectivity index (χ3n) is 5.18. The van der Waals surface area contributed by atoms with Gasteiger partial charge in [-0.3, -0.25) is 4.79 Å². The van der Waals surface area contributed by atoms with Gasteiger partial charge in [0.05, 0.1) is 16.9 Å². The Hall–Kier alpha value is -3.94. The number of carbonyl (C=O) groups excluding carboxylic acids is 1. The molecule has 3 aromatic carbocycles. The third-order valence-corrected chi connectivity index (χ3v) is 5.18. The van der Waals surface area contributed by atoms with Gasteiger partial charge in [-0.25, -0.2) is 9.07 Å². The zero-order chi connectivity index (χ0) is 23.8. The van der Waals surface area contributed by atoms with E-state index in [0.717, 1.165) is 22.8 Å². The maximum atomic E-state index is 13.6. The van der Waals surface area contributed by atoms with Crippen LogP contribution in [0, 0.1) is 19.7 Å². The minimum absolute atomic E-state index is 0.266. The maximum Gasteiger partial charge on any atom is 0.419 e. The summed E-state index contributed by atoms with van der Waals surface area (Å²) < 4.78 is 54.4. The molecule has 0 fully saturated rings. The van der Waals surface area contributed by atoms with Crippen molar-refractivity contribution >= 4 is 11.7 Å². The quantitative estimate of drug-likeness (QED) is 0.356. The van der Waals surface area contributed by atoms with E-state index in [1.807, 2.05) is 62.4 Å². The van der Waals surface area contributed by atoms with Crippen molar-refractivity contribution in [1.82, 2.24) is 9.78 Å². The van der Waals surface area contributed by atoms with Crippen LogP contribution in [-0.4, -0.2) is 15.7 Å². The second-order valence-corrected chi connectivity index (χ2v) is 7.63. The SMILES string of the molecule is Cc1ccc(-c2cc(NC(=O)c3ccc(F)c(C(F)(F)F)c3)n(-c3ccccc3C)n2)cc1. The first-order chi connectivity index (χ1) is 15.6. The van der Waals surface area contributed by atoms with Crippen LogP contribution in [0.4, 0.5) is 23.4 Å². The molecule has 0 unspecified atom stereocenters. The molecule has 0 saturated heterocycles. The summed E-state index contributed by atoms with van der Waals surface area (Å²) in [6, 6.07) is 18.8. The van der Waals surface area contributed by atoms with Crippen LogP contribution in [0.15, 0.2) is 72.8 Å². The third kappa shape index (κ3) is 4.64. The molecule has 0 spiro atoms. The van der Waals surface area contributed by atoms with Crippen molar-refractivity contribution in [3.63, 3.8) is 0 Å². The van der Waals surface area contributed by atoms with Gasteiger partial charge >= 0.3 is 6.18 Å². The lowest BCUT2D eigenvalue weighted by atomic mass is 10.1. The first-order valence-electron chi connectivity index (χ1n) is 10.0. The van der Waals surface area contributed by atoms with Crippen molar-refractivity contribution in [1.29, 1.82) is 0 Å². The van der Waals surface area contributed by atoms with Crippen molar-refractivity contribution in [2.45, 2.75) is 20.0 Å². The van der Waals surface area contributed by atoms with E-state index < -0.39 is 23.5 Å². The first-order valence-corrected chi connectivity index (χ1v) is 10.0. The highest BCUT2D eigenvalue weighted by Gasteiger charge is 2.34. The number of hydrogen-bond donors (Lipinski definition) is 1.